The van der Waals surface area contributed by atoms with Gasteiger partial charge in [0.1, 0.15) is 17.5 Å². The summed E-state index contributed by atoms with van der Waals surface area (Å²) in [5, 5.41) is 17.5. The lowest BCUT2D eigenvalue weighted by atomic mass is 10.0. The molecule has 3 aromatic heterocycles. The molecule has 1 aromatic carbocycles. The Morgan fingerprint density at radius 3 is 2.71 bits per heavy atom. The average Bonchev–Trinajstić information content (AvgIpc) is 3.34. The van der Waals surface area contributed by atoms with Crippen molar-refractivity contribution in [3.05, 3.63) is 58.9 Å². The van der Waals surface area contributed by atoms with Crippen LogP contribution in [0.15, 0.2) is 36.5 Å². The first-order chi connectivity index (χ1) is 15.0. The van der Waals surface area contributed by atoms with Gasteiger partial charge in [0.15, 0.2) is 11.5 Å². The first-order valence-electron chi connectivity index (χ1n) is 10.1. The van der Waals surface area contributed by atoms with Crippen molar-refractivity contribution >= 4 is 23.2 Å². The van der Waals surface area contributed by atoms with Crippen LogP contribution in [0.5, 0.6) is 0 Å². The molecule has 0 fully saturated rings. The lowest BCUT2D eigenvalue weighted by molar-refractivity contribution is 0.801. The molecule has 1 atom stereocenters. The van der Waals surface area contributed by atoms with Crippen LogP contribution in [0, 0.1) is 11.3 Å². The molecule has 31 heavy (non-hydrogen) atoms. The summed E-state index contributed by atoms with van der Waals surface area (Å²) in [6, 6.07) is 11.8. The fourth-order valence-corrected chi connectivity index (χ4v) is 4.10. The van der Waals surface area contributed by atoms with Crippen LogP contribution in [-0.2, 0) is 12.8 Å². The molecule has 4 aromatic rings. The number of nitrogens with zero attached hydrogens (tertiary/aromatic N) is 6. The summed E-state index contributed by atoms with van der Waals surface area (Å²) in [5.74, 6) is 0.346. The summed E-state index contributed by atoms with van der Waals surface area (Å²) in [6.45, 7) is 1.97. The van der Waals surface area contributed by atoms with Crippen molar-refractivity contribution in [1.82, 2.24) is 24.6 Å². The lowest BCUT2D eigenvalue weighted by Crippen LogP contribution is -2.15. The minimum absolute atomic E-state index is 0.00608. The number of aromatic nitrogens is 5. The zero-order chi connectivity index (χ0) is 21.5. The van der Waals surface area contributed by atoms with Crippen LogP contribution in [0.3, 0.4) is 0 Å². The van der Waals surface area contributed by atoms with Crippen molar-refractivity contribution in [3.8, 4) is 17.3 Å². The van der Waals surface area contributed by atoms with E-state index in [1.807, 2.05) is 54.0 Å². The Labute approximate surface area is 178 Å². The summed E-state index contributed by atoms with van der Waals surface area (Å²) >= 11 is 0. The van der Waals surface area contributed by atoms with Gasteiger partial charge >= 0.3 is 0 Å². The number of anilines is 3. The molecular weight excluding hydrogens is 390 g/mol. The highest BCUT2D eigenvalue weighted by atomic mass is 15.3. The SMILES string of the molecule is C[C@H](Nc1nc(N)nc(N)c1C#N)c1cn2nc3c(c2nc1-c1ccccc1)CCC3. The van der Waals surface area contributed by atoms with Gasteiger partial charge in [0.25, 0.3) is 0 Å². The number of benzene rings is 1. The maximum absolute atomic E-state index is 9.50. The van der Waals surface area contributed by atoms with E-state index < -0.39 is 0 Å². The van der Waals surface area contributed by atoms with E-state index in [4.69, 9.17) is 21.5 Å². The number of hydrogen-bond donors (Lipinski definition) is 3. The normalized spacial score (nSPS) is 13.7. The molecule has 1 aliphatic rings. The highest BCUT2D eigenvalue weighted by Crippen LogP contribution is 2.33. The van der Waals surface area contributed by atoms with Gasteiger partial charge in [-0.1, -0.05) is 30.3 Å². The molecule has 154 valence electrons. The third kappa shape index (κ3) is 3.18. The number of fused-ring (bicyclic) bond motifs is 3. The molecule has 0 aliphatic heterocycles. The van der Waals surface area contributed by atoms with Crippen molar-refractivity contribution < 1.29 is 0 Å². The second-order valence-electron chi connectivity index (χ2n) is 7.63. The second-order valence-corrected chi connectivity index (χ2v) is 7.63. The monoisotopic (exact) mass is 411 g/mol. The molecule has 9 heteroatoms. The summed E-state index contributed by atoms with van der Waals surface area (Å²) in [4.78, 5) is 13.1. The molecule has 0 amide bonds. The molecular formula is C22H21N9. The van der Waals surface area contributed by atoms with Gasteiger partial charge in [0, 0.05) is 22.9 Å². The fraction of sp³-hybridized carbons (Fsp3) is 0.227. The number of nitriles is 1. The maximum Gasteiger partial charge on any atom is 0.224 e. The predicted molar refractivity (Wildman–Crippen MR) is 118 cm³/mol. The highest BCUT2D eigenvalue weighted by molar-refractivity contribution is 5.70. The van der Waals surface area contributed by atoms with Crippen LogP contribution >= 0.6 is 0 Å². The van der Waals surface area contributed by atoms with Gasteiger partial charge in [-0.2, -0.15) is 20.3 Å². The summed E-state index contributed by atoms with van der Waals surface area (Å²) in [7, 11) is 0. The van der Waals surface area contributed by atoms with Crippen LogP contribution in [-0.4, -0.2) is 24.6 Å². The van der Waals surface area contributed by atoms with Gasteiger partial charge in [-0.15, -0.1) is 0 Å². The molecule has 9 nitrogen and oxygen atoms in total. The van der Waals surface area contributed by atoms with Gasteiger partial charge in [0.05, 0.1) is 17.4 Å². The van der Waals surface area contributed by atoms with Crippen molar-refractivity contribution in [2.75, 3.05) is 16.8 Å². The van der Waals surface area contributed by atoms with Gasteiger partial charge < -0.3 is 16.8 Å². The number of aryl methyl sites for hydroxylation is 2. The Kier molecular flexibility index (Phi) is 4.40. The van der Waals surface area contributed by atoms with Crippen LogP contribution in [0.1, 0.15) is 41.8 Å². The number of rotatable bonds is 4. The van der Waals surface area contributed by atoms with E-state index in [2.05, 4.69) is 15.3 Å². The van der Waals surface area contributed by atoms with Gasteiger partial charge in [0.2, 0.25) is 5.95 Å². The molecule has 0 spiro atoms. The predicted octanol–water partition coefficient (Wildman–Crippen LogP) is 2.88. The first kappa shape index (κ1) is 18.8. The number of hydrogen-bond acceptors (Lipinski definition) is 8. The van der Waals surface area contributed by atoms with Gasteiger partial charge in [-0.25, -0.2) is 9.50 Å². The minimum Gasteiger partial charge on any atom is -0.382 e. The Bertz CT molecular complexity index is 1340. The zero-order valence-electron chi connectivity index (χ0n) is 17.0. The van der Waals surface area contributed by atoms with E-state index in [0.717, 1.165) is 47.4 Å². The largest absolute Gasteiger partial charge is 0.382 e. The Hall–Kier alpha value is -4.19. The minimum atomic E-state index is -0.257. The van der Waals surface area contributed by atoms with E-state index >= 15 is 0 Å². The molecule has 0 saturated carbocycles. The molecule has 0 saturated heterocycles. The van der Waals surface area contributed by atoms with Crippen molar-refractivity contribution in [3.63, 3.8) is 0 Å². The van der Waals surface area contributed by atoms with E-state index in [-0.39, 0.29) is 23.4 Å². The zero-order valence-corrected chi connectivity index (χ0v) is 17.0. The van der Waals surface area contributed by atoms with Crippen LogP contribution in [0.2, 0.25) is 0 Å². The number of nitrogen functional groups attached to an aromatic ring is 2. The highest BCUT2D eigenvalue weighted by Gasteiger charge is 2.24. The molecule has 5 rings (SSSR count). The third-order valence-electron chi connectivity index (χ3n) is 5.59. The molecule has 1 aliphatic carbocycles. The topological polar surface area (TPSA) is 144 Å². The van der Waals surface area contributed by atoms with E-state index in [1.54, 1.807) is 0 Å². The molecule has 5 N–H and O–H groups in total. The number of nitrogens with one attached hydrogen (secondary N) is 1. The average molecular weight is 411 g/mol. The van der Waals surface area contributed by atoms with Crippen molar-refractivity contribution in [2.45, 2.75) is 32.2 Å². The van der Waals surface area contributed by atoms with Gasteiger partial charge in [-0.3, -0.25) is 0 Å². The molecule has 0 radical (unpaired) electrons. The van der Waals surface area contributed by atoms with E-state index in [0.29, 0.717) is 5.82 Å². The van der Waals surface area contributed by atoms with Crippen LogP contribution < -0.4 is 16.8 Å². The van der Waals surface area contributed by atoms with Crippen molar-refractivity contribution in [1.29, 1.82) is 5.26 Å². The summed E-state index contributed by atoms with van der Waals surface area (Å²) < 4.78 is 1.86. The molecule has 0 bridgehead atoms. The Balaban J connectivity index is 1.65. The van der Waals surface area contributed by atoms with Crippen LogP contribution in [0.4, 0.5) is 17.6 Å². The quantitative estimate of drug-likeness (QED) is 0.465. The Morgan fingerprint density at radius 1 is 1.13 bits per heavy atom. The fourth-order valence-electron chi connectivity index (χ4n) is 4.10. The van der Waals surface area contributed by atoms with Crippen LogP contribution in [0.25, 0.3) is 16.9 Å². The second kappa shape index (κ2) is 7.25. The number of nitrogens with two attached hydrogens (primary N) is 2. The smallest absolute Gasteiger partial charge is 0.224 e. The third-order valence-corrected chi connectivity index (χ3v) is 5.59. The summed E-state index contributed by atoms with van der Waals surface area (Å²) in [6.07, 6.45) is 5.09. The lowest BCUT2D eigenvalue weighted by Gasteiger charge is -2.19. The molecule has 0 unspecified atom stereocenters. The summed E-state index contributed by atoms with van der Waals surface area (Å²) in [5.41, 5.74) is 17.8. The van der Waals surface area contributed by atoms with Gasteiger partial charge in [-0.05, 0) is 26.2 Å². The maximum atomic E-state index is 9.50. The Morgan fingerprint density at radius 2 is 1.94 bits per heavy atom. The molecule has 3 heterocycles. The standard InChI is InChI=1S/C22H21N9/c1-12(26-20-15(10-23)19(24)28-22(25)29-20)16-11-31-21(14-8-5-9-17(14)30-31)27-18(16)13-6-3-2-4-7-13/h2-4,6-7,11-12H,5,8-9H2,1H3,(H5,24,25,26,28,29)/t12-/m0/s1. The first-order valence-corrected chi connectivity index (χ1v) is 10.1. The van der Waals surface area contributed by atoms with E-state index in [9.17, 15) is 5.26 Å². The van der Waals surface area contributed by atoms with E-state index in [1.165, 1.54) is 5.56 Å². The van der Waals surface area contributed by atoms with Crippen molar-refractivity contribution in [2.24, 2.45) is 0 Å².